The van der Waals surface area contributed by atoms with Crippen molar-refractivity contribution in [3.8, 4) is 0 Å². The maximum absolute atomic E-state index is 15.4. The van der Waals surface area contributed by atoms with Crippen LogP contribution in [0.4, 0.5) is 4.79 Å². The monoisotopic (exact) mass is 730 g/mol. The standard InChI is InChI=1S/C42H58N4O7/c1-7-8-22-42(35-20-14-18-32-17-12-13-19-34(32)35,46(39(50)30(6)43)41(52)53-27-31-15-10-9-11-16-31)40(51)45-36(24-28(2)3)37(48)25-33(21-23-47)38(49)44-26-29(4)5/h9-20,25,28-30,36-37,47-48H,7-8,21-24,26-27,43H2,1-6H3,(H,44,49)(H,45,51)/t30-,36-,37-,42+/m0/s1. The molecular weight excluding hydrogens is 672 g/mol. The summed E-state index contributed by atoms with van der Waals surface area (Å²) in [6, 6.07) is 19.7. The second-order valence-corrected chi connectivity index (χ2v) is 14.5. The molecule has 288 valence electrons. The third kappa shape index (κ3) is 11.5. The Kier molecular flexibility index (Phi) is 16.7. The lowest BCUT2D eigenvalue weighted by Gasteiger charge is -2.43. The fraction of sp³-hybridized carbons (Fsp3) is 0.476. The van der Waals surface area contributed by atoms with Gasteiger partial charge in [-0.25, -0.2) is 9.69 Å². The van der Waals surface area contributed by atoms with Crippen LogP contribution < -0.4 is 16.4 Å². The van der Waals surface area contributed by atoms with Gasteiger partial charge >= 0.3 is 6.09 Å². The molecule has 0 saturated carbocycles. The van der Waals surface area contributed by atoms with E-state index < -0.39 is 47.5 Å². The molecule has 4 atom stereocenters. The number of nitrogens with zero attached hydrogens (tertiary/aromatic N) is 1. The number of unbranched alkanes of at least 4 members (excludes halogenated alkanes) is 1. The Hall–Kier alpha value is -4.58. The number of imide groups is 1. The van der Waals surface area contributed by atoms with Gasteiger partial charge in [0, 0.05) is 25.1 Å². The molecule has 4 amide bonds. The van der Waals surface area contributed by atoms with E-state index in [4.69, 9.17) is 10.5 Å². The highest BCUT2D eigenvalue weighted by Gasteiger charge is 2.53. The number of aliphatic hydroxyl groups excluding tert-OH is 2. The van der Waals surface area contributed by atoms with E-state index in [1.165, 1.54) is 13.0 Å². The molecule has 0 unspecified atom stereocenters. The summed E-state index contributed by atoms with van der Waals surface area (Å²) in [6.45, 7) is 11.1. The van der Waals surface area contributed by atoms with E-state index in [2.05, 4.69) is 10.6 Å². The number of amides is 4. The molecule has 0 aliphatic carbocycles. The largest absolute Gasteiger partial charge is 0.444 e. The van der Waals surface area contributed by atoms with Crippen LogP contribution in [0.5, 0.6) is 0 Å². The number of nitrogens with one attached hydrogen (secondary N) is 2. The maximum atomic E-state index is 15.4. The summed E-state index contributed by atoms with van der Waals surface area (Å²) in [5.74, 6) is -1.79. The number of carbonyl (C=O) groups is 4. The van der Waals surface area contributed by atoms with E-state index in [0.717, 1.165) is 10.3 Å². The average molecular weight is 731 g/mol. The van der Waals surface area contributed by atoms with Gasteiger partial charge < -0.3 is 31.3 Å². The molecule has 0 aliphatic rings. The van der Waals surface area contributed by atoms with Crippen LogP contribution in [0.3, 0.4) is 0 Å². The molecule has 0 aromatic heterocycles. The molecular formula is C42H58N4O7. The number of fused-ring (bicyclic) bond motifs is 1. The first kappa shape index (κ1) is 42.8. The number of rotatable bonds is 19. The third-order valence-corrected chi connectivity index (χ3v) is 9.05. The highest BCUT2D eigenvalue weighted by atomic mass is 16.6. The Morgan fingerprint density at radius 2 is 1.58 bits per heavy atom. The molecule has 3 rings (SSSR count). The molecule has 0 radical (unpaired) electrons. The average Bonchev–Trinajstić information content (AvgIpc) is 3.13. The van der Waals surface area contributed by atoms with Gasteiger partial charge in [-0.15, -0.1) is 0 Å². The van der Waals surface area contributed by atoms with Gasteiger partial charge in [0.1, 0.15) is 6.61 Å². The number of hydrogen-bond acceptors (Lipinski definition) is 8. The number of hydrogen-bond donors (Lipinski definition) is 5. The summed E-state index contributed by atoms with van der Waals surface area (Å²) in [6.07, 6.45) is 0.302. The van der Waals surface area contributed by atoms with E-state index in [9.17, 15) is 24.6 Å². The van der Waals surface area contributed by atoms with Crippen molar-refractivity contribution in [1.82, 2.24) is 15.5 Å². The molecule has 0 heterocycles. The molecule has 0 bridgehead atoms. The van der Waals surface area contributed by atoms with Crippen molar-refractivity contribution in [3.05, 3.63) is 95.6 Å². The van der Waals surface area contributed by atoms with Crippen molar-refractivity contribution in [3.63, 3.8) is 0 Å². The lowest BCUT2D eigenvalue weighted by molar-refractivity contribution is -0.148. The van der Waals surface area contributed by atoms with Crippen LogP contribution in [0.2, 0.25) is 0 Å². The van der Waals surface area contributed by atoms with E-state index in [1.54, 1.807) is 36.4 Å². The molecule has 0 fully saturated rings. The Morgan fingerprint density at radius 1 is 0.925 bits per heavy atom. The Bertz CT molecular complexity index is 1690. The summed E-state index contributed by atoms with van der Waals surface area (Å²) in [4.78, 5) is 58.1. The van der Waals surface area contributed by atoms with Gasteiger partial charge in [-0.1, -0.05) is 120 Å². The Labute approximate surface area is 314 Å². The van der Waals surface area contributed by atoms with Gasteiger partial charge in [0.15, 0.2) is 5.54 Å². The van der Waals surface area contributed by atoms with Crippen LogP contribution >= 0.6 is 0 Å². The second-order valence-electron chi connectivity index (χ2n) is 14.5. The topological polar surface area (TPSA) is 171 Å². The highest BCUT2D eigenvalue weighted by molar-refractivity contribution is 6.05. The first-order valence-electron chi connectivity index (χ1n) is 18.6. The fourth-order valence-electron chi connectivity index (χ4n) is 6.35. The van der Waals surface area contributed by atoms with Crippen LogP contribution in [0, 0.1) is 11.8 Å². The number of nitrogens with two attached hydrogens (primary N) is 1. The van der Waals surface area contributed by atoms with Gasteiger partial charge in [0.05, 0.1) is 18.2 Å². The summed E-state index contributed by atoms with van der Waals surface area (Å²) in [5, 5.41) is 28.8. The molecule has 0 spiro atoms. The van der Waals surface area contributed by atoms with Crippen molar-refractivity contribution < 1.29 is 34.1 Å². The van der Waals surface area contributed by atoms with Gasteiger partial charge in [-0.05, 0) is 59.6 Å². The molecule has 11 nitrogen and oxygen atoms in total. The van der Waals surface area contributed by atoms with Gasteiger partial charge in [0.2, 0.25) is 11.8 Å². The number of aliphatic hydroxyl groups is 2. The summed E-state index contributed by atoms with van der Waals surface area (Å²) >= 11 is 0. The third-order valence-electron chi connectivity index (χ3n) is 9.05. The predicted molar refractivity (Wildman–Crippen MR) is 207 cm³/mol. The van der Waals surface area contributed by atoms with Crippen LogP contribution in [0.15, 0.2) is 84.4 Å². The maximum Gasteiger partial charge on any atom is 0.418 e. The first-order valence-corrected chi connectivity index (χ1v) is 18.6. The number of ether oxygens (including phenoxy) is 1. The summed E-state index contributed by atoms with van der Waals surface area (Å²) in [7, 11) is 0. The molecule has 3 aromatic rings. The van der Waals surface area contributed by atoms with Crippen molar-refractivity contribution in [1.29, 1.82) is 0 Å². The Morgan fingerprint density at radius 3 is 2.21 bits per heavy atom. The van der Waals surface area contributed by atoms with Crippen LogP contribution in [-0.4, -0.2) is 70.3 Å². The number of benzene rings is 3. The molecule has 11 heteroatoms. The van der Waals surface area contributed by atoms with E-state index >= 15 is 4.79 Å². The zero-order valence-electron chi connectivity index (χ0n) is 32.0. The second kappa shape index (κ2) is 20.6. The smallest absolute Gasteiger partial charge is 0.418 e. The molecule has 0 aliphatic heterocycles. The quantitative estimate of drug-likeness (QED) is 0.0977. The van der Waals surface area contributed by atoms with Gasteiger partial charge in [0.25, 0.3) is 5.91 Å². The first-order chi connectivity index (χ1) is 25.3. The van der Waals surface area contributed by atoms with Crippen LogP contribution in [0.25, 0.3) is 10.8 Å². The van der Waals surface area contributed by atoms with Gasteiger partial charge in [-0.2, -0.15) is 0 Å². The Balaban J connectivity index is 2.28. The van der Waals surface area contributed by atoms with E-state index in [1.807, 2.05) is 71.0 Å². The zero-order chi connectivity index (χ0) is 39.1. The van der Waals surface area contributed by atoms with Crippen molar-refractivity contribution >= 4 is 34.6 Å². The lowest BCUT2D eigenvalue weighted by atomic mass is 9.79. The summed E-state index contributed by atoms with van der Waals surface area (Å²) < 4.78 is 5.80. The van der Waals surface area contributed by atoms with Crippen LogP contribution in [0.1, 0.15) is 84.8 Å². The fourth-order valence-corrected chi connectivity index (χ4v) is 6.35. The molecule has 0 saturated heterocycles. The minimum absolute atomic E-state index is 0.0102. The van der Waals surface area contributed by atoms with Crippen LogP contribution in [-0.2, 0) is 31.3 Å². The minimum Gasteiger partial charge on any atom is -0.444 e. The van der Waals surface area contributed by atoms with Crippen molar-refractivity contribution in [2.75, 3.05) is 13.2 Å². The number of carbonyl (C=O) groups excluding carboxylic acids is 4. The minimum atomic E-state index is -1.98. The van der Waals surface area contributed by atoms with Crippen molar-refractivity contribution in [2.24, 2.45) is 17.6 Å². The highest BCUT2D eigenvalue weighted by Crippen LogP contribution is 2.40. The lowest BCUT2D eigenvalue weighted by Crippen LogP contribution is -2.64. The van der Waals surface area contributed by atoms with E-state index in [0.29, 0.717) is 35.9 Å². The normalized spacial score (nSPS) is 14.7. The molecule has 6 N–H and O–H groups in total. The predicted octanol–water partition coefficient (Wildman–Crippen LogP) is 5.71. The SMILES string of the molecule is CCCC[C@](C(=O)N[C@@H](CC(C)C)[C@@H](O)C=C(CCO)C(=O)NCC(C)C)(c1cccc2ccccc12)N(C(=O)OCc1ccccc1)C(=O)[C@H](C)N. The van der Waals surface area contributed by atoms with Gasteiger partial charge in [-0.3, -0.25) is 14.4 Å². The molecule has 3 aromatic carbocycles. The van der Waals surface area contributed by atoms with E-state index in [-0.39, 0.29) is 49.9 Å². The zero-order valence-corrected chi connectivity index (χ0v) is 32.0. The van der Waals surface area contributed by atoms with Crippen molar-refractivity contribution in [2.45, 2.75) is 104 Å². The summed E-state index contributed by atoms with van der Waals surface area (Å²) in [5.41, 5.74) is 5.51. The molecule has 53 heavy (non-hydrogen) atoms.